The van der Waals surface area contributed by atoms with Crippen LogP contribution in [-0.4, -0.2) is 23.0 Å². The van der Waals surface area contributed by atoms with Crippen molar-refractivity contribution in [2.75, 3.05) is 0 Å². The lowest BCUT2D eigenvalue weighted by atomic mass is 9.78. The standard InChI is InChI=1S/C17H25NO3/c1-9-3-6-13(7-10(9)2)18-16(19)14-11-4-5-12(8-11)15(14)17(20)21/h4-5,9-15H,3,6-8H2,1-2H3,(H,18,19)(H,20,21). The zero-order valence-electron chi connectivity index (χ0n) is 12.8. The van der Waals surface area contributed by atoms with E-state index in [4.69, 9.17) is 0 Å². The fourth-order valence-corrected chi connectivity index (χ4v) is 4.49. The summed E-state index contributed by atoms with van der Waals surface area (Å²) < 4.78 is 0. The number of nitrogens with one attached hydrogen (secondary N) is 1. The van der Waals surface area contributed by atoms with Crippen molar-refractivity contribution >= 4 is 11.9 Å². The second-order valence-corrected chi connectivity index (χ2v) is 7.31. The Balaban J connectivity index is 1.65. The number of hydrogen-bond acceptors (Lipinski definition) is 2. The van der Waals surface area contributed by atoms with Gasteiger partial charge in [-0.15, -0.1) is 0 Å². The van der Waals surface area contributed by atoms with Crippen LogP contribution in [0.5, 0.6) is 0 Å². The van der Waals surface area contributed by atoms with Gasteiger partial charge in [-0.2, -0.15) is 0 Å². The first kappa shape index (κ1) is 14.6. The van der Waals surface area contributed by atoms with Crippen molar-refractivity contribution in [2.45, 2.75) is 45.6 Å². The first-order valence-corrected chi connectivity index (χ1v) is 8.19. The van der Waals surface area contributed by atoms with Gasteiger partial charge in [0.1, 0.15) is 0 Å². The molecule has 2 bridgehead atoms. The van der Waals surface area contributed by atoms with Gasteiger partial charge < -0.3 is 10.4 Å². The average molecular weight is 291 g/mol. The molecule has 3 rings (SSSR count). The summed E-state index contributed by atoms with van der Waals surface area (Å²) in [7, 11) is 0. The predicted molar refractivity (Wildman–Crippen MR) is 79.5 cm³/mol. The summed E-state index contributed by atoms with van der Waals surface area (Å²) >= 11 is 0. The third kappa shape index (κ3) is 2.60. The Morgan fingerprint density at radius 1 is 1.00 bits per heavy atom. The van der Waals surface area contributed by atoms with Gasteiger partial charge in [0.15, 0.2) is 0 Å². The molecule has 7 atom stereocenters. The number of carbonyl (C=O) groups is 2. The molecule has 0 spiro atoms. The Morgan fingerprint density at radius 3 is 2.29 bits per heavy atom. The predicted octanol–water partition coefficient (Wildman–Crippen LogP) is 2.45. The Morgan fingerprint density at radius 2 is 1.67 bits per heavy atom. The van der Waals surface area contributed by atoms with Crippen LogP contribution >= 0.6 is 0 Å². The molecule has 0 aliphatic heterocycles. The third-order valence-corrected chi connectivity index (χ3v) is 5.99. The summed E-state index contributed by atoms with van der Waals surface area (Å²) in [5.41, 5.74) is 0. The number of amides is 1. The number of aliphatic carboxylic acids is 1. The third-order valence-electron chi connectivity index (χ3n) is 5.99. The highest BCUT2D eigenvalue weighted by Gasteiger charge is 2.51. The highest BCUT2D eigenvalue weighted by molar-refractivity contribution is 5.87. The van der Waals surface area contributed by atoms with E-state index in [1.54, 1.807) is 0 Å². The number of carbonyl (C=O) groups excluding carboxylic acids is 1. The molecular formula is C17H25NO3. The van der Waals surface area contributed by atoms with Crippen molar-refractivity contribution in [3.05, 3.63) is 12.2 Å². The van der Waals surface area contributed by atoms with Crippen molar-refractivity contribution in [1.29, 1.82) is 0 Å². The molecule has 2 N–H and O–H groups in total. The molecule has 0 radical (unpaired) electrons. The fraction of sp³-hybridized carbons (Fsp3) is 0.765. The van der Waals surface area contributed by atoms with Crippen LogP contribution in [0.4, 0.5) is 0 Å². The molecule has 4 nitrogen and oxygen atoms in total. The van der Waals surface area contributed by atoms with Crippen LogP contribution in [0.25, 0.3) is 0 Å². The van der Waals surface area contributed by atoms with Crippen LogP contribution in [0.15, 0.2) is 12.2 Å². The van der Waals surface area contributed by atoms with Gasteiger partial charge in [-0.3, -0.25) is 9.59 Å². The van der Waals surface area contributed by atoms with E-state index >= 15 is 0 Å². The van der Waals surface area contributed by atoms with Crippen LogP contribution in [-0.2, 0) is 9.59 Å². The maximum Gasteiger partial charge on any atom is 0.307 e. The molecule has 0 heterocycles. The van der Waals surface area contributed by atoms with E-state index in [2.05, 4.69) is 19.2 Å². The molecule has 3 aliphatic rings. The molecule has 4 heteroatoms. The van der Waals surface area contributed by atoms with Gasteiger partial charge in [0, 0.05) is 6.04 Å². The van der Waals surface area contributed by atoms with Crippen LogP contribution in [0, 0.1) is 35.5 Å². The largest absolute Gasteiger partial charge is 0.481 e. The Kier molecular flexibility index (Phi) is 3.80. The molecular weight excluding hydrogens is 266 g/mol. The Bertz CT molecular complexity index is 473. The smallest absolute Gasteiger partial charge is 0.307 e. The maximum atomic E-state index is 12.6. The minimum Gasteiger partial charge on any atom is -0.481 e. The molecule has 7 unspecified atom stereocenters. The number of fused-ring (bicyclic) bond motifs is 2. The van der Waals surface area contributed by atoms with E-state index in [0.29, 0.717) is 5.92 Å². The molecule has 0 aromatic heterocycles. The highest BCUT2D eigenvalue weighted by Crippen LogP contribution is 2.48. The zero-order valence-corrected chi connectivity index (χ0v) is 12.8. The normalized spacial score (nSPS) is 44.8. The second-order valence-electron chi connectivity index (χ2n) is 7.31. The van der Waals surface area contributed by atoms with Crippen molar-refractivity contribution in [3.8, 4) is 0 Å². The number of carboxylic acids is 1. The van der Waals surface area contributed by atoms with Gasteiger partial charge in [0.2, 0.25) is 5.91 Å². The number of allylic oxidation sites excluding steroid dienone is 2. The van der Waals surface area contributed by atoms with Gasteiger partial charge in [-0.1, -0.05) is 26.0 Å². The van der Waals surface area contributed by atoms with E-state index in [0.717, 1.165) is 31.6 Å². The molecule has 0 aromatic carbocycles. The number of rotatable bonds is 3. The van der Waals surface area contributed by atoms with Crippen LogP contribution in [0.3, 0.4) is 0 Å². The van der Waals surface area contributed by atoms with Gasteiger partial charge in [0.05, 0.1) is 11.8 Å². The summed E-state index contributed by atoms with van der Waals surface area (Å²) in [4.78, 5) is 24.1. The highest BCUT2D eigenvalue weighted by atomic mass is 16.4. The van der Waals surface area contributed by atoms with Crippen LogP contribution in [0.1, 0.15) is 39.5 Å². The summed E-state index contributed by atoms with van der Waals surface area (Å²) in [6.45, 7) is 4.51. The molecule has 21 heavy (non-hydrogen) atoms. The molecule has 3 aliphatic carbocycles. The Hall–Kier alpha value is -1.32. The maximum absolute atomic E-state index is 12.6. The SMILES string of the molecule is CC1CCC(NC(=O)C2C3C=CC(C3)C2C(=O)O)CC1C. The zero-order chi connectivity index (χ0) is 15.1. The first-order chi connectivity index (χ1) is 9.97. The first-order valence-electron chi connectivity index (χ1n) is 8.19. The summed E-state index contributed by atoms with van der Waals surface area (Å²) in [5, 5.41) is 12.6. The molecule has 2 fully saturated rings. The van der Waals surface area contributed by atoms with E-state index < -0.39 is 11.9 Å². The van der Waals surface area contributed by atoms with Gasteiger partial charge in [0.25, 0.3) is 0 Å². The minimum absolute atomic E-state index is 0.0361. The van der Waals surface area contributed by atoms with Gasteiger partial charge in [-0.25, -0.2) is 0 Å². The van der Waals surface area contributed by atoms with Crippen molar-refractivity contribution < 1.29 is 14.7 Å². The minimum atomic E-state index is -0.822. The van der Waals surface area contributed by atoms with E-state index in [-0.39, 0.29) is 29.7 Å². The molecule has 0 saturated heterocycles. The number of carboxylic acid groups (broad SMARTS) is 1. The fourth-order valence-electron chi connectivity index (χ4n) is 4.49. The van der Waals surface area contributed by atoms with Crippen molar-refractivity contribution in [3.63, 3.8) is 0 Å². The molecule has 2 saturated carbocycles. The summed E-state index contributed by atoms with van der Waals surface area (Å²) in [5.74, 6) is -0.241. The van der Waals surface area contributed by atoms with Crippen molar-refractivity contribution in [1.82, 2.24) is 5.32 Å². The molecule has 1 amide bonds. The molecule has 116 valence electrons. The Labute approximate surface area is 126 Å². The summed E-state index contributed by atoms with van der Waals surface area (Å²) in [6.07, 6.45) is 8.03. The van der Waals surface area contributed by atoms with Crippen LogP contribution in [0.2, 0.25) is 0 Å². The topological polar surface area (TPSA) is 66.4 Å². The molecule has 0 aromatic rings. The van der Waals surface area contributed by atoms with Gasteiger partial charge >= 0.3 is 5.97 Å². The monoisotopic (exact) mass is 291 g/mol. The lowest BCUT2D eigenvalue weighted by molar-refractivity contribution is -0.148. The number of hydrogen-bond donors (Lipinski definition) is 2. The second kappa shape index (κ2) is 5.47. The van der Waals surface area contributed by atoms with E-state index in [1.165, 1.54) is 0 Å². The van der Waals surface area contributed by atoms with Crippen LogP contribution < -0.4 is 5.32 Å². The van der Waals surface area contributed by atoms with E-state index in [1.807, 2.05) is 12.2 Å². The quantitative estimate of drug-likeness (QED) is 0.785. The van der Waals surface area contributed by atoms with Crippen molar-refractivity contribution in [2.24, 2.45) is 35.5 Å². The lowest BCUT2D eigenvalue weighted by Crippen LogP contribution is -2.46. The summed E-state index contributed by atoms with van der Waals surface area (Å²) in [6, 6.07) is 0.223. The van der Waals surface area contributed by atoms with E-state index in [9.17, 15) is 14.7 Å². The average Bonchev–Trinajstić information content (AvgIpc) is 3.03. The van der Waals surface area contributed by atoms with Gasteiger partial charge in [-0.05, 0) is 49.4 Å². The lowest BCUT2D eigenvalue weighted by Gasteiger charge is -2.34.